The van der Waals surface area contributed by atoms with Crippen molar-refractivity contribution in [3.8, 4) is 22.9 Å². The first kappa shape index (κ1) is 21.4. The fraction of sp³-hybridized carbons (Fsp3) is 0.273. The highest BCUT2D eigenvalue weighted by atomic mass is 19.1. The van der Waals surface area contributed by atoms with Gasteiger partial charge in [-0.2, -0.15) is 5.10 Å². The van der Waals surface area contributed by atoms with Crippen molar-refractivity contribution in [2.24, 2.45) is 7.05 Å². The van der Waals surface area contributed by atoms with Crippen molar-refractivity contribution >= 4 is 5.91 Å². The van der Waals surface area contributed by atoms with E-state index in [1.54, 1.807) is 14.2 Å². The largest absolute Gasteiger partial charge is 0.436 e. The van der Waals surface area contributed by atoms with Crippen molar-refractivity contribution < 1.29 is 23.0 Å². The molecule has 0 bridgehead atoms. The topological polar surface area (TPSA) is 65.4 Å². The highest BCUT2D eigenvalue weighted by Crippen LogP contribution is 2.34. The van der Waals surface area contributed by atoms with E-state index in [0.29, 0.717) is 36.7 Å². The highest BCUT2D eigenvalue weighted by molar-refractivity contribution is 5.77. The van der Waals surface area contributed by atoms with Gasteiger partial charge < -0.3 is 14.8 Å². The summed E-state index contributed by atoms with van der Waals surface area (Å²) in [6.45, 7) is 0.837. The lowest BCUT2D eigenvalue weighted by molar-refractivity contribution is -0.121. The number of ether oxygens (including phenoxy) is 2. The molecule has 0 aliphatic carbocycles. The van der Waals surface area contributed by atoms with Crippen molar-refractivity contribution in [1.82, 2.24) is 15.1 Å². The second-order valence-corrected chi connectivity index (χ2v) is 6.64. The molecule has 158 valence electrons. The Hall–Kier alpha value is -3.26. The van der Waals surface area contributed by atoms with E-state index in [4.69, 9.17) is 9.47 Å². The van der Waals surface area contributed by atoms with Gasteiger partial charge in [0.1, 0.15) is 5.82 Å². The van der Waals surface area contributed by atoms with Crippen LogP contribution in [0.5, 0.6) is 11.6 Å². The van der Waals surface area contributed by atoms with Crippen LogP contribution in [0.1, 0.15) is 12.0 Å². The van der Waals surface area contributed by atoms with E-state index in [1.165, 1.54) is 10.7 Å². The van der Waals surface area contributed by atoms with Gasteiger partial charge in [0.25, 0.3) is 0 Å². The van der Waals surface area contributed by atoms with Crippen molar-refractivity contribution in [1.29, 1.82) is 0 Å². The van der Waals surface area contributed by atoms with Crippen molar-refractivity contribution in [2.45, 2.75) is 12.8 Å². The molecule has 3 rings (SSSR count). The average Bonchev–Trinajstić information content (AvgIpc) is 3.04. The van der Waals surface area contributed by atoms with Crippen LogP contribution < -0.4 is 10.1 Å². The molecule has 0 atom stereocenters. The first-order chi connectivity index (χ1) is 14.5. The van der Waals surface area contributed by atoms with Crippen LogP contribution in [0.3, 0.4) is 0 Å². The number of hydrogen-bond acceptors (Lipinski definition) is 4. The number of aromatic nitrogens is 2. The number of nitrogens with zero attached hydrogens (tertiary/aromatic N) is 2. The zero-order valence-electron chi connectivity index (χ0n) is 16.8. The first-order valence-electron chi connectivity index (χ1n) is 9.49. The number of amides is 1. The normalized spacial score (nSPS) is 10.8. The molecule has 8 heteroatoms. The Morgan fingerprint density at radius 2 is 1.93 bits per heavy atom. The second kappa shape index (κ2) is 9.98. The summed E-state index contributed by atoms with van der Waals surface area (Å²) in [5, 5.41) is 7.29. The lowest BCUT2D eigenvalue weighted by atomic mass is 10.0. The number of nitrogens with one attached hydrogen (secondary N) is 1. The Kier molecular flexibility index (Phi) is 7.13. The summed E-state index contributed by atoms with van der Waals surface area (Å²) in [6, 6.07) is 12.5. The van der Waals surface area contributed by atoms with E-state index in [2.05, 4.69) is 10.4 Å². The quantitative estimate of drug-likeness (QED) is 0.539. The predicted octanol–water partition coefficient (Wildman–Crippen LogP) is 3.85. The number of aryl methyl sites for hydroxylation is 1. The van der Waals surface area contributed by atoms with E-state index in [-0.39, 0.29) is 18.1 Å². The average molecular weight is 415 g/mol. The lowest BCUT2D eigenvalue weighted by Crippen LogP contribution is -2.27. The van der Waals surface area contributed by atoms with Gasteiger partial charge in [0, 0.05) is 44.3 Å². The maximum Gasteiger partial charge on any atom is 0.221 e. The molecule has 1 aromatic heterocycles. The van der Waals surface area contributed by atoms with E-state index in [1.807, 2.05) is 30.3 Å². The molecule has 1 heterocycles. The fourth-order valence-electron chi connectivity index (χ4n) is 3.01. The minimum Gasteiger partial charge on any atom is -0.436 e. The van der Waals surface area contributed by atoms with Gasteiger partial charge in [0.15, 0.2) is 11.6 Å². The Bertz CT molecular complexity index is 1010. The number of carbonyl (C=O) groups is 1. The molecule has 3 aromatic rings. The molecule has 0 aliphatic heterocycles. The van der Waals surface area contributed by atoms with Crippen LogP contribution in [0.4, 0.5) is 8.78 Å². The van der Waals surface area contributed by atoms with Crippen LogP contribution in [-0.2, 0) is 23.0 Å². The number of methoxy groups -OCH3 is 1. The molecule has 1 amide bonds. The van der Waals surface area contributed by atoms with Crippen LogP contribution in [0.25, 0.3) is 11.3 Å². The maximum atomic E-state index is 14.1. The van der Waals surface area contributed by atoms with Crippen LogP contribution in [-0.4, -0.2) is 35.9 Å². The standard InChI is InChI=1S/C22H23F2N3O3/c1-27-22(30-19-10-8-16(23)14-18(19)24)17(9-11-20(28)25-12-13-29-2)21(26-27)15-6-4-3-5-7-15/h3-8,10,14H,9,11-13H2,1-2H3,(H,25,28). The van der Waals surface area contributed by atoms with Gasteiger partial charge in [-0.1, -0.05) is 30.3 Å². The summed E-state index contributed by atoms with van der Waals surface area (Å²) in [5.74, 6) is -1.48. The molecule has 0 unspecified atom stereocenters. The van der Waals surface area contributed by atoms with Crippen LogP contribution in [0.2, 0.25) is 0 Å². The third-order valence-corrected chi connectivity index (χ3v) is 4.47. The SMILES string of the molecule is COCCNC(=O)CCc1c(-c2ccccc2)nn(C)c1Oc1ccc(F)cc1F. The van der Waals surface area contributed by atoms with Crippen molar-refractivity contribution in [3.05, 3.63) is 65.7 Å². The Labute approximate surface area is 173 Å². The Morgan fingerprint density at radius 3 is 2.63 bits per heavy atom. The van der Waals surface area contributed by atoms with Gasteiger partial charge in [-0.15, -0.1) is 0 Å². The molecular formula is C22H23F2N3O3. The fourth-order valence-corrected chi connectivity index (χ4v) is 3.01. The molecule has 0 saturated heterocycles. The van der Waals surface area contributed by atoms with Gasteiger partial charge >= 0.3 is 0 Å². The Balaban J connectivity index is 1.91. The number of carbonyl (C=O) groups excluding carboxylic acids is 1. The molecular weight excluding hydrogens is 392 g/mol. The highest BCUT2D eigenvalue weighted by Gasteiger charge is 2.21. The van der Waals surface area contributed by atoms with Gasteiger partial charge in [-0.25, -0.2) is 13.5 Å². The number of halogens is 2. The van der Waals surface area contributed by atoms with Crippen molar-refractivity contribution in [3.63, 3.8) is 0 Å². The third kappa shape index (κ3) is 5.21. The minimum absolute atomic E-state index is 0.121. The van der Waals surface area contributed by atoms with Crippen LogP contribution >= 0.6 is 0 Å². The van der Waals surface area contributed by atoms with Gasteiger partial charge in [-0.05, 0) is 18.6 Å². The van der Waals surface area contributed by atoms with Gasteiger partial charge in [-0.3, -0.25) is 4.79 Å². The number of rotatable bonds is 9. The van der Waals surface area contributed by atoms with E-state index >= 15 is 0 Å². The summed E-state index contributed by atoms with van der Waals surface area (Å²) in [5.41, 5.74) is 2.15. The summed E-state index contributed by atoms with van der Waals surface area (Å²) in [7, 11) is 3.23. The summed E-state index contributed by atoms with van der Waals surface area (Å²) in [6.07, 6.45) is 0.520. The van der Waals surface area contributed by atoms with E-state index < -0.39 is 11.6 Å². The molecule has 0 spiro atoms. The summed E-state index contributed by atoms with van der Waals surface area (Å²) < 4.78 is 39.6. The molecule has 30 heavy (non-hydrogen) atoms. The lowest BCUT2D eigenvalue weighted by Gasteiger charge is -2.10. The zero-order chi connectivity index (χ0) is 21.5. The van der Waals surface area contributed by atoms with Crippen molar-refractivity contribution in [2.75, 3.05) is 20.3 Å². The molecule has 0 radical (unpaired) electrons. The molecule has 0 saturated carbocycles. The molecule has 1 N–H and O–H groups in total. The third-order valence-electron chi connectivity index (χ3n) is 4.47. The zero-order valence-corrected chi connectivity index (χ0v) is 16.8. The summed E-state index contributed by atoms with van der Waals surface area (Å²) >= 11 is 0. The van der Waals surface area contributed by atoms with Gasteiger partial charge in [0.05, 0.1) is 12.3 Å². The van der Waals surface area contributed by atoms with Crippen LogP contribution in [0, 0.1) is 11.6 Å². The number of hydrogen-bond donors (Lipinski definition) is 1. The first-order valence-corrected chi connectivity index (χ1v) is 9.49. The molecule has 6 nitrogen and oxygen atoms in total. The van der Waals surface area contributed by atoms with E-state index in [9.17, 15) is 13.6 Å². The Morgan fingerprint density at radius 1 is 1.17 bits per heavy atom. The van der Waals surface area contributed by atoms with Gasteiger partial charge in [0.2, 0.25) is 11.8 Å². The van der Waals surface area contributed by atoms with Crippen LogP contribution in [0.15, 0.2) is 48.5 Å². The summed E-state index contributed by atoms with van der Waals surface area (Å²) in [4.78, 5) is 12.2. The maximum absolute atomic E-state index is 14.1. The predicted molar refractivity (Wildman–Crippen MR) is 108 cm³/mol. The smallest absolute Gasteiger partial charge is 0.221 e. The van der Waals surface area contributed by atoms with E-state index in [0.717, 1.165) is 17.7 Å². The minimum atomic E-state index is -0.819. The molecule has 0 fully saturated rings. The number of benzene rings is 2. The monoisotopic (exact) mass is 415 g/mol. The second-order valence-electron chi connectivity index (χ2n) is 6.64. The molecule has 0 aliphatic rings. The molecule has 2 aromatic carbocycles.